The number of morpholine rings is 1. The lowest BCUT2D eigenvalue weighted by Gasteiger charge is -2.29. The van der Waals surface area contributed by atoms with Crippen molar-refractivity contribution >= 4 is 11.6 Å². The first-order valence-electron chi connectivity index (χ1n) is 10.2. The van der Waals surface area contributed by atoms with Crippen molar-refractivity contribution in [1.82, 2.24) is 10.2 Å². The molecular formula is C21H34N4O2. The Morgan fingerprint density at radius 3 is 2.44 bits per heavy atom. The van der Waals surface area contributed by atoms with Crippen LogP contribution in [0.5, 0.6) is 0 Å². The third kappa shape index (κ3) is 6.11. The Labute approximate surface area is 163 Å². The highest BCUT2D eigenvalue weighted by atomic mass is 16.5. The lowest BCUT2D eigenvalue weighted by atomic mass is 9.96. The van der Waals surface area contributed by atoms with E-state index in [0.29, 0.717) is 0 Å². The fraction of sp³-hybridized carbons (Fsp3) is 0.667. The van der Waals surface area contributed by atoms with E-state index in [4.69, 9.17) is 9.47 Å². The molecule has 0 bridgehead atoms. The Hall–Kier alpha value is -1.79. The highest BCUT2D eigenvalue weighted by Gasteiger charge is 2.15. The number of nitrogens with one attached hydrogen (secondary N) is 1. The van der Waals surface area contributed by atoms with E-state index in [0.717, 1.165) is 64.5 Å². The van der Waals surface area contributed by atoms with E-state index in [1.807, 2.05) is 7.05 Å². The van der Waals surface area contributed by atoms with E-state index in [1.165, 1.54) is 30.5 Å². The molecular weight excluding hydrogens is 340 g/mol. The fourth-order valence-electron chi connectivity index (χ4n) is 3.73. The zero-order valence-corrected chi connectivity index (χ0v) is 16.8. The van der Waals surface area contributed by atoms with Crippen LogP contribution >= 0.6 is 0 Å². The molecule has 6 nitrogen and oxygen atoms in total. The molecule has 0 saturated carbocycles. The number of hydrogen-bond acceptors (Lipinski definition) is 4. The molecule has 1 aromatic carbocycles. The second-order valence-corrected chi connectivity index (χ2v) is 7.43. The third-order valence-corrected chi connectivity index (χ3v) is 5.55. The third-order valence-electron chi connectivity index (χ3n) is 5.55. The standard InChI is InChI=1S/C21H34N4O2/c1-22-21(24(2)10-7-18-8-13-26-14-9-18)23-17-19-3-5-20(6-4-19)25-11-15-27-16-12-25/h3-6,18H,7-17H2,1-2H3,(H,22,23). The summed E-state index contributed by atoms with van der Waals surface area (Å²) in [6, 6.07) is 8.82. The summed E-state index contributed by atoms with van der Waals surface area (Å²) in [5.74, 6) is 1.74. The number of rotatable bonds is 6. The van der Waals surface area contributed by atoms with Gasteiger partial charge >= 0.3 is 0 Å². The summed E-state index contributed by atoms with van der Waals surface area (Å²) in [6.07, 6.45) is 3.58. The summed E-state index contributed by atoms with van der Waals surface area (Å²) in [5, 5.41) is 3.49. The van der Waals surface area contributed by atoms with Gasteiger partial charge in [-0.15, -0.1) is 0 Å². The molecule has 2 fully saturated rings. The molecule has 2 heterocycles. The van der Waals surface area contributed by atoms with Crippen LogP contribution in [0.4, 0.5) is 5.69 Å². The summed E-state index contributed by atoms with van der Waals surface area (Å²) in [5.41, 5.74) is 2.55. The van der Waals surface area contributed by atoms with Gasteiger partial charge in [0.15, 0.2) is 5.96 Å². The minimum absolute atomic E-state index is 0.784. The number of nitrogens with zero attached hydrogens (tertiary/aromatic N) is 3. The zero-order chi connectivity index (χ0) is 18.9. The zero-order valence-electron chi connectivity index (χ0n) is 16.8. The Balaban J connectivity index is 1.44. The van der Waals surface area contributed by atoms with E-state index in [9.17, 15) is 0 Å². The van der Waals surface area contributed by atoms with Gasteiger partial charge in [-0.1, -0.05) is 12.1 Å². The van der Waals surface area contributed by atoms with Gasteiger partial charge in [-0.3, -0.25) is 4.99 Å². The summed E-state index contributed by atoms with van der Waals surface area (Å²) >= 11 is 0. The summed E-state index contributed by atoms with van der Waals surface area (Å²) in [6.45, 7) is 7.24. The van der Waals surface area contributed by atoms with Gasteiger partial charge in [-0.2, -0.15) is 0 Å². The number of benzene rings is 1. The molecule has 0 atom stereocenters. The van der Waals surface area contributed by atoms with Crippen LogP contribution in [0.2, 0.25) is 0 Å². The van der Waals surface area contributed by atoms with E-state index in [-0.39, 0.29) is 0 Å². The minimum Gasteiger partial charge on any atom is -0.381 e. The predicted molar refractivity (Wildman–Crippen MR) is 110 cm³/mol. The number of anilines is 1. The Morgan fingerprint density at radius 2 is 1.78 bits per heavy atom. The maximum absolute atomic E-state index is 5.45. The maximum atomic E-state index is 5.45. The molecule has 0 amide bonds. The van der Waals surface area contributed by atoms with Crippen LogP contribution in [0.15, 0.2) is 29.3 Å². The molecule has 0 spiro atoms. The Morgan fingerprint density at radius 1 is 1.11 bits per heavy atom. The molecule has 0 radical (unpaired) electrons. The lowest BCUT2D eigenvalue weighted by molar-refractivity contribution is 0.0625. The van der Waals surface area contributed by atoms with Crippen LogP contribution < -0.4 is 10.2 Å². The molecule has 6 heteroatoms. The number of ether oxygens (including phenoxy) is 2. The molecule has 1 aromatic rings. The number of guanidine groups is 1. The largest absolute Gasteiger partial charge is 0.381 e. The predicted octanol–water partition coefficient (Wildman–Crippen LogP) is 2.35. The van der Waals surface area contributed by atoms with Gasteiger partial charge in [0.25, 0.3) is 0 Å². The molecule has 27 heavy (non-hydrogen) atoms. The van der Waals surface area contributed by atoms with Crippen molar-refractivity contribution in [2.45, 2.75) is 25.8 Å². The van der Waals surface area contributed by atoms with Crippen molar-refractivity contribution in [3.8, 4) is 0 Å². The van der Waals surface area contributed by atoms with Crippen molar-refractivity contribution in [2.75, 3.05) is 65.1 Å². The van der Waals surface area contributed by atoms with Crippen LogP contribution in [-0.4, -0.2) is 71.0 Å². The van der Waals surface area contributed by atoms with Crippen LogP contribution in [0.25, 0.3) is 0 Å². The fourth-order valence-corrected chi connectivity index (χ4v) is 3.73. The van der Waals surface area contributed by atoms with Crippen LogP contribution in [-0.2, 0) is 16.0 Å². The van der Waals surface area contributed by atoms with Crippen LogP contribution in [0, 0.1) is 5.92 Å². The van der Waals surface area contributed by atoms with Gasteiger partial charge < -0.3 is 24.6 Å². The van der Waals surface area contributed by atoms with Gasteiger partial charge in [0, 0.05) is 59.2 Å². The molecule has 0 aliphatic carbocycles. The van der Waals surface area contributed by atoms with E-state index in [2.05, 4.69) is 51.4 Å². The maximum Gasteiger partial charge on any atom is 0.193 e. The number of aliphatic imine (C=N–C) groups is 1. The Bertz CT molecular complexity index is 578. The quantitative estimate of drug-likeness (QED) is 0.612. The monoisotopic (exact) mass is 374 g/mol. The second-order valence-electron chi connectivity index (χ2n) is 7.43. The number of hydrogen-bond donors (Lipinski definition) is 1. The first-order valence-corrected chi connectivity index (χ1v) is 10.2. The second kappa shape index (κ2) is 10.5. The van der Waals surface area contributed by atoms with E-state index < -0.39 is 0 Å². The minimum atomic E-state index is 0.784. The molecule has 2 aliphatic heterocycles. The average molecular weight is 375 g/mol. The van der Waals surface area contributed by atoms with Gasteiger partial charge in [-0.05, 0) is 42.9 Å². The van der Waals surface area contributed by atoms with E-state index in [1.54, 1.807) is 0 Å². The molecule has 0 aromatic heterocycles. The summed E-state index contributed by atoms with van der Waals surface area (Å²) < 4.78 is 10.9. The summed E-state index contributed by atoms with van der Waals surface area (Å²) in [7, 11) is 3.98. The lowest BCUT2D eigenvalue weighted by Crippen LogP contribution is -2.39. The molecule has 1 N–H and O–H groups in total. The van der Waals surface area contributed by atoms with Crippen molar-refractivity contribution in [2.24, 2.45) is 10.9 Å². The van der Waals surface area contributed by atoms with Gasteiger partial charge in [0.1, 0.15) is 0 Å². The van der Waals surface area contributed by atoms with Gasteiger partial charge in [0.05, 0.1) is 13.2 Å². The van der Waals surface area contributed by atoms with Crippen molar-refractivity contribution in [3.05, 3.63) is 29.8 Å². The van der Waals surface area contributed by atoms with E-state index >= 15 is 0 Å². The van der Waals surface area contributed by atoms with Crippen molar-refractivity contribution < 1.29 is 9.47 Å². The molecule has 0 unspecified atom stereocenters. The topological polar surface area (TPSA) is 49.3 Å². The molecule has 2 saturated heterocycles. The van der Waals surface area contributed by atoms with Gasteiger partial charge in [0.2, 0.25) is 0 Å². The normalized spacial score (nSPS) is 19.2. The highest BCUT2D eigenvalue weighted by Crippen LogP contribution is 2.19. The first-order chi connectivity index (χ1) is 13.3. The highest BCUT2D eigenvalue weighted by molar-refractivity contribution is 5.79. The SMILES string of the molecule is CN=C(NCc1ccc(N2CCOCC2)cc1)N(C)CCC1CCOCC1. The molecule has 3 rings (SSSR count). The van der Waals surface area contributed by atoms with Crippen molar-refractivity contribution in [3.63, 3.8) is 0 Å². The average Bonchev–Trinajstić information content (AvgIpc) is 2.74. The first kappa shape index (κ1) is 20.0. The molecule has 150 valence electrons. The smallest absolute Gasteiger partial charge is 0.193 e. The summed E-state index contributed by atoms with van der Waals surface area (Å²) in [4.78, 5) is 9.05. The van der Waals surface area contributed by atoms with Crippen LogP contribution in [0.1, 0.15) is 24.8 Å². The van der Waals surface area contributed by atoms with Crippen molar-refractivity contribution in [1.29, 1.82) is 0 Å². The molecule has 2 aliphatic rings. The van der Waals surface area contributed by atoms with Crippen LogP contribution in [0.3, 0.4) is 0 Å². The Kier molecular flexibility index (Phi) is 7.78. The van der Waals surface area contributed by atoms with Gasteiger partial charge in [-0.25, -0.2) is 0 Å².